The molecule has 1 atom stereocenters. The van der Waals surface area contributed by atoms with Gasteiger partial charge in [0.05, 0.1) is 5.92 Å². The van der Waals surface area contributed by atoms with E-state index in [0.29, 0.717) is 12.7 Å². The van der Waals surface area contributed by atoms with Crippen LogP contribution in [0.2, 0.25) is 0 Å². The molecule has 2 nitrogen and oxygen atoms in total. The highest BCUT2D eigenvalue weighted by atomic mass is 35.5. The topological polar surface area (TPSA) is 34.1 Å². The van der Waals surface area contributed by atoms with Gasteiger partial charge >= 0.3 is 0 Å². The smallest absolute Gasteiger partial charge is 0.231 e. The lowest BCUT2D eigenvalue weighted by molar-refractivity contribution is -0.122. The molecular formula is C10H17ClO2. The predicted octanol–water partition coefficient (Wildman–Crippen LogP) is 2.93. The van der Waals surface area contributed by atoms with Crippen LogP contribution in [-0.4, -0.2) is 11.5 Å². The lowest BCUT2D eigenvalue weighted by Crippen LogP contribution is -2.09. The summed E-state index contributed by atoms with van der Waals surface area (Å²) in [6, 6.07) is 0. The number of halogens is 1. The Labute approximate surface area is 84.7 Å². The van der Waals surface area contributed by atoms with Crippen molar-refractivity contribution in [1.82, 2.24) is 0 Å². The summed E-state index contributed by atoms with van der Waals surface area (Å²) >= 11 is 5.21. The van der Waals surface area contributed by atoms with Crippen LogP contribution >= 0.6 is 11.6 Å². The molecular weight excluding hydrogens is 188 g/mol. The summed E-state index contributed by atoms with van der Waals surface area (Å²) in [5.74, 6) is -0.580. The van der Waals surface area contributed by atoms with Crippen LogP contribution in [0.1, 0.15) is 45.4 Å². The third-order valence-electron chi connectivity index (χ3n) is 2.07. The number of rotatable bonds is 8. The Morgan fingerprint density at radius 2 is 1.92 bits per heavy atom. The molecule has 0 aliphatic heterocycles. The minimum atomic E-state index is -0.580. The molecule has 0 bridgehead atoms. The Bertz CT molecular complexity index is 157. The van der Waals surface area contributed by atoms with Crippen LogP contribution in [0.3, 0.4) is 0 Å². The normalized spacial score (nSPS) is 12.5. The second kappa shape index (κ2) is 8.24. The van der Waals surface area contributed by atoms with Crippen molar-refractivity contribution in [2.45, 2.75) is 45.4 Å². The number of carbonyl (C=O) groups excluding carboxylic acids is 2. The monoisotopic (exact) mass is 204 g/mol. The van der Waals surface area contributed by atoms with Gasteiger partial charge in [-0.25, -0.2) is 0 Å². The Morgan fingerprint density at radius 3 is 2.38 bits per heavy atom. The van der Waals surface area contributed by atoms with Crippen LogP contribution in [0, 0.1) is 5.92 Å². The fraction of sp³-hybridized carbons (Fsp3) is 0.800. The fourth-order valence-electron chi connectivity index (χ4n) is 1.20. The van der Waals surface area contributed by atoms with Gasteiger partial charge in [-0.2, -0.15) is 0 Å². The molecule has 0 fully saturated rings. The zero-order valence-electron chi connectivity index (χ0n) is 8.09. The van der Waals surface area contributed by atoms with E-state index < -0.39 is 11.2 Å². The molecule has 0 amide bonds. The average Bonchev–Trinajstić information content (AvgIpc) is 2.10. The number of hydrogen-bond donors (Lipinski definition) is 0. The minimum Gasteiger partial charge on any atom is -0.303 e. The third kappa shape index (κ3) is 6.76. The third-order valence-corrected chi connectivity index (χ3v) is 2.35. The summed E-state index contributed by atoms with van der Waals surface area (Å²) in [6.45, 7) is 2.15. The van der Waals surface area contributed by atoms with Crippen LogP contribution in [0.4, 0.5) is 0 Å². The second-order valence-corrected chi connectivity index (χ2v) is 3.62. The van der Waals surface area contributed by atoms with E-state index in [1.54, 1.807) is 0 Å². The molecule has 0 N–H and O–H groups in total. The van der Waals surface area contributed by atoms with E-state index in [-0.39, 0.29) is 0 Å². The molecule has 0 aromatic rings. The Hall–Kier alpha value is -0.370. The molecule has 0 aromatic carbocycles. The van der Waals surface area contributed by atoms with Crippen LogP contribution < -0.4 is 0 Å². The van der Waals surface area contributed by atoms with E-state index >= 15 is 0 Å². The van der Waals surface area contributed by atoms with Gasteiger partial charge in [0, 0.05) is 0 Å². The summed E-state index contributed by atoms with van der Waals surface area (Å²) in [5.41, 5.74) is 0. The highest BCUT2D eigenvalue weighted by molar-refractivity contribution is 6.65. The van der Waals surface area contributed by atoms with Crippen molar-refractivity contribution >= 4 is 23.1 Å². The Balaban J connectivity index is 3.39. The van der Waals surface area contributed by atoms with Gasteiger partial charge in [-0.3, -0.25) is 4.79 Å². The van der Waals surface area contributed by atoms with E-state index in [0.717, 1.165) is 12.8 Å². The van der Waals surface area contributed by atoms with Crippen LogP contribution in [-0.2, 0) is 9.59 Å². The molecule has 3 heteroatoms. The fourth-order valence-corrected chi connectivity index (χ4v) is 1.36. The van der Waals surface area contributed by atoms with Gasteiger partial charge in [0.15, 0.2) is 0 Å². The number of aldehydes is 1. The second-order valence-electron chi connectivity index (χ2n) is 3.25. The Kier molecular flexibility index (Phi) is 8.00. The minimum absolute atomic E-state index is 0.523. The Morgan fingerprint density at radius 1 is 1.31 bits per heavy atom. The molecule has 1 unspecified atom stereocenters. The van der Waals surface area contributed by atoms with E-state index in [2.05, 4.69) is 6.92 Å². The molecule has 76 valence electrons. The van der Waals surface area contributed by atoms with Gasteiger partial charge in [-0.15, -0.1) is 0 Å². The van der Waals surface area contributed by atoms with Gasteiger partial charge < -0.3 is 4.79 Å². The molecule has 0 heterocycles. The van der Waals surface area contributed by atoms with Gasteiger partial charge in [0.2, 0.25) is 5.24 Å². The lowest BCUT2D eigenvalue weighted by Gasteiger charge is -2.03. The molecule has 0 spiro atoms. The molecule has 0 rings (SSSR count). The largest absolute Gasteiger partial charge is 0.303 e. The standard InChI is InChI=1S/C10H17ClO2/c1-2-3-4-5-6-7-9(8-12)10(11)13/h8-9H,2-7H2,1H3. The van der Waals surface area contributed by atoms with Gasteiger partial charge in [0.25, 0.3) is 0 Å². The van der Waals surface area contributed by atoms with Crippen molar-refractivity contribution in [1.29, 1.82) is 0 Å². The first-order chi connectivity index (χ1) is 6.22. The molecule has 0 saturated carbocycles. The molecule has 0 saturated heterocycles. The van der Waals surface area contributed by atoms with Crippen LogP contribution in [0.5, 0.6) is 0 Å². The van der Waals surface area contributed by atoms with Crippen molar-refractivity contribution in [3.8, 4) is 0 Å². The zero-order chi connectivity index (χ0) is 10.1. The van der Waals surface area contributed by atoms with Crippen LogP contribution in [0.15, 0.2) is 0 Å². The predicted molar refractivity (Wildman–Crippen MR) is 53.8 cm³/mol. The van der Waals surface area contributed by atoms with Crippen molar-refractivity contribution in [2.75, 3.05) is 0 Å². The van der Waals surface area contributed by atoms with Gasteiger partial charge in [-0.05, 0) is 18.0 Å². The summed E-state index contributed by atoms with van der Waals surface area (Å²) < 4.78 is 0. The summed E-state index contributed by atoms with van der Waals surface area (Å²) in [6.07, 6.45) is 6.86. The average molecular weight is 205 g/mol. The van der Waals surface area contributed by atoms with Crippen molar-refractivity contribution < 1.29 is 9.59 Å². The molecule has 0 aliphatic carbocycles. The molecule has 13 heavy (non-hydrogen) atoms. The first-order valence-corrected chi connectivity index (χ1v) is 5.24. The maximum atomic E-state index is 10.6. The quantitative estimate of drug-likeness (QED) is 0.264. The summed E-state index contributed by atoms with van der Waals surface area (Å²) in [4.78, 5) is 21.0. The first-order valence-electron chi connectivity index (χ1n) is 4.87. The zero-order valence-corrected chi connectivity index (χ0v) is 8.85. The highest BCUT2D eigenvalue weighted by Gasteiger charge is 2.13. The number of hydrogen-bond acceptors (Lipinski definition) is 2. The van der Waals surface area contributed by atoms with E-state index in [1.165, 1.54) is 19.3 Å². The molecule has 0 radical (unpaired) electrons. The van der Waals surface area contributed by atoms with Crippen molar-refractivity contribution in [2.24, 2.45) is 5.92 Å². The molecule has 0 aliphatic rings. The van der Waals surface area contributed by atoms with E-state index in [9.17, 15) is 9.59 Å². The SMILES string of the molecule is CCCCCCCC(C=O)C(=O)Cl. The van der Waals surface area contributed by atoms with Gasteiger partial charge in [-0.1, -0.05) is 39.0 Å². The van der Waals surface area contributed by atoms with Crippen molar-refractivity contribution in [3.05, 3.63) is 0 Å². The van der Waals surface area contributed by atoms with E-state index in [4.69, 9.17) is 11.6 Å². The number of unbranched alkanes of at least 4 members (excludes halogenated alkanes) is 4. The number of carbonyl (C=O) groups is 2. The van der Waals surface area contributed by atoms with Gasteiger partial charge in [0.1, 0.15) is 6.29 Å². The maximum absolute atomic E-state index is 10.6. The highest BCUT2D eigenvalue weighted by Crippen LogP contribution is 2.12. The van der Waals surface area contributed by atoms with Crippen LogP contribution in [0.25, 0.3) is 0 Å². The summed E-state index contributed by atoms with van der Waals surface area (Å²) in [7, 11) is 0. The lowest BCUT2D eigenvalue weighted by atomic mass is 10.0. The first kappa shape index (κ1) is 12.6. The van der Waals surface area contributed by atoms with E-state index in [1.807, 2.05) is 0 Å². The maximum Gasteiger partial charge on any atom is 0.231 e. The molecule has 0 aromatic heterocycles. The summed E-state index contributed by atoms with van der Waals surface area (Å²) in [5, 5.41) is -0.523. The van der Waals surface area contributed by atoms with Crippen molar-refractivity contribution in [3.63, 3.8) is 0 Å².